The summed E-state index contributed by atoms with van der Waals surface area (Å²) in [6.07, 6.45) is 0. The zero-order chi connectivity index (χ0) is 15.4. The minimum Gasteiger partial charge on any atom is -0.469 e. The first-order chi connectivity index (χ1) is 8.70. The Morgan fingerprint density at radius 2 is 1.16 bits per heavy atom. The summed E-state index contributed by atoms with van der Waals surface area (Å²) in [5.74, 6) is -0.153. The summed E-state index contributed by atoms with van der Waals surface area (Å²) in [5.41, 5.74) is 0. The number of hydrogen-bond donors (Lipinski definition) is 0. The Balaban J connectivity index is 0. The molecule has 0 N–H and O–H groups in total. The molecule has 1 aliphatic heterocycles. The van der Waals surface area contributed by atoms with Crippen LogP contribution >= 0.6 is 0 Å². The Morgan fingerprint density at radius 3 is 1.26 bits per heavy atom. The van der Waals surface area contributed by atoms with Crippen LogP contribution in [0.1, 0.15) is 13.8 Å². The number of piperazine rings is 1. The van der Waals surface area contributed by atoms with Crippen LogP contribution in [0.4, 0.5) is 0 Å². The molecule has 0 atom stereocenters. The van der Waals surface area contributed by atoms with E-state index in [0.717, 1.165) is 0 Å². The van der Waals surface area contributed by atoms with Crippen molar-refractivity contribution in [2.45, 2.75) is 13.8 Å². The molecule has 1 fully saturated rings. The second-order valence-corrected chi connectivity index (χ2v) is 4.72. The van der Waals surface area contributed by atoms with Gasteiger partial charge in [-0.05, 0) is 14.1 Å². The molecule has 1 saturated heterocycles. The van der Waals surface area contributed by atoms with E-state index in [1.807, 2.05) is 0 Å². The second-order valence-electron chi connectivity index (χ2n) is 4.72. The highest BCUT2D eigenvalue weighted by atomic mass is 16.5. The zero-order valence-electron chi connectivity index (χ0n) is 13.4. The maximum absolute atomic E-state index is 10.1. The Labute approximate surface area is 117 Å². The van der Waals surface area contributed by atoms with Gasteiger partial charge in [-0.15, -0.1) is 0 Å². The molecular weight excluding hydrogens is 246 g/mol. The molecule has 0 unspecified atom stereocenters. The number of rotatable bonds is 0. The highest BCUT2D eigenvalue weighted by Crippen LogP contribution is 1.93. The summed E-state index contributed by atoms with van der Waals surface area (Å²) < 4.78 is 4.11. The van der Waals surface area contributed by atoms with E-state index in [0.29, 0.717) is 0 Å². The number of nitrogens with zero attached hydrogens (tertiary/aromatic N) is 3. The highest BCUT2D eigenvalue weighted by Gasteiger charge is 2.07. The van der Waals surface area contributed by atoms with Crippen LogP contribution in [-0.4, -0.2) is 88.1 Å². The predicted octanol–water partition coefficient (Wildman–Crippen LogP) is 0.137. The molecule has 6 nitrogen and oxygen atoms in total. The molecule has 19 heavy (non-hydrogen) atoms. The van der Waals surface area contributed by atoms with Crippen LogP contribution < -0.4 is 0 Å². The van der Waals surface area contributed by atoms with Crippen molar-refractivity contribution in [2.24, 2.45) is 0 Å². The lowest BCUT2D eigenvalue weighted by atomic mass is 10.4. The van der Waals surface area contributed by atoms with Gasteiger partial charge in [-0.1, -0.05) is 0 Å². The zero-order valence-corrected chi connectivity index (χ0v) is 13.4. The molecule has 1 heterocycles. The fourth-order valence-corrected chi connectivity index (χ4v) is 0.906. The van der Waals surface area contributed by atoms with Crippen molar-refractivity contribution in [3.8, 4) is 0 Å². The monoisotopic (exact) mass is 275 g/mol. The standard InChI is InChI=1S/C6H14N2.C4H9NO.C3H6O2/c1-7-3-5-8(2)6-4-7;1-4(6)5(2)3;1-3(4)5-2/h3-6H2,1-2H3;1-3H3;1-2H3. The quantitative estimate of drug-likeness (QED) is 0.589. The van der Waals surface area contributed by atoms with Gasteiger partial charge in [0.2, 0.25) is 5.91 Å². The van der Waals surface area contributed by atoms with Crippen molar-refractivity contribution in [1.82, 2.24) is 14.7 Å². The van der Waals surface area contributed by atoms with Gasteiger partial charge in [0.05, 0.1) is 7.11 Å². The van der Waals surface area contributed by atoms with Crippen molar-refractivity contribution >= 4 is 11.9 Å². The van der Waals surface area contributed by atoms with Crippen molar-refractivity contribution < 1.29 is 14.3 Å². The molecule has 0 aromatic carbocycles. The number of carbonyl (C=O) groups excluding carboxylic acids is 2. The van der Waals surface area contributed by atoms with Gasteiger partial charge in [-0.2, -0.15) is 0 Å². The highest BCUT2D eigenvalue weighted by molar-refractivity contribution is 5.72. The molecule has 1 rings (SSSR count). The molecule has 1 aliphatic rings. The molecule has 0 aromatic heterocycles. The van der Waals surface area contributed by atoms with Crippen LogP contribution in [-0.2, 0) is 14.3 Å². The summed E-state index contributed by atoms with van der Waals surface area (Å²) in [7, 11) is 9.15. The molecule has 6 heteroatoms. The van der Waals surface area contributed by atoms with Gasteiger partial charge >= 0.3 is 5.97 Å². The summed E-state index contributed by atoms with van der Waals surface area (Å²) in [6, 6.07) is 0. The molecule has 0 aliphatic carbocycles. The fraction of sp³-hybridized carbons (Fsp3) is 0.846. The molecule has 0 bridgehead atoms. The Kier molecular flexibility index (Phi) is 12.7. The van der Waals surface area contributed by atoms with E-state index in [2.05, 4.69) is 28.6 Å². The lowest BCUT2D eigenvalue weighted by Crippen LogP contribution is -2.42. The van der Waals surface area contributed by atoms with Crippen LogP contribution in [0.3, 0.4) is 0 Å². The number of amides is 1. The average molecular weight is 275 g/mol. The molecule has 0 saturated carbocycles. The Morgan fingerprint density at radius 1 is 0.947 bits per heavy atom. The van der Waals surface area contributed by atoms with Gasteiger partial charge in [0.15, 0.2) is 0 Å². The molecule has 0 spiro atoms. The van der Waals surface area contributed by atoms with E-state index in [9.17, 15) is 9.59 Å². The Bertz CT molecular complexity index is 240. The first-order valence-electron chi connectivity index (χ1n) is 6.30. The number of likely N-dealkylation sites (N-methyl/N-ethyl adjacent to an activating group) is 2. The van der Waals surface area contributed by atoms with Gasteiger partial charge in [0.1, 0.15) is 0 Å². The van der Waals surface area contributed by atoms with Crippen molar-refractivity contribution in [3.63, 3.8) is 0 Å². The third-order valence-corrected chi connectivity index (χ3v) is 2.64. The lowest BCUT2D eigenvalue weighted by molar-refractivity contribution is -0.138. The summed E-state index contributed by atoms with van der Waals surface area (Å²) in [5, 5.41) is 0. The van der Waals surface area contributed by atoms with Crippen LogP contribution in [0.15, 0.2) is 0 Å². The number of carbonyl (C=O) groups is 2. The van der Waals surface area contributed by atoms with E-state index >= 15 is 0 Å². The van der Waals surface area contributed by atoms with Gasteiger partial charge in [0.25, 0.3) is 0 Å². The third-order valence-electron chi connectivity index (χ3n) is 2.64. The second kappa shape index (κ2) is 11.9. The van der Waals surface area contributed by atoms with Crippen LogP contribution in [0.5, 0.6) is 0 Å². The van der Waals surface area contributed by atoms with Gasteiger partial charge in [-0.25, -0.2) is 0 Å². The SMILES string of the molecule is CC(=O)N(C)C.CN1CCN(C)CC1.COC(C)=O. The van der Waals surface area contributed by atoms with Crippen molar-refractivity contribution in [3.05, 3.63) is 0 Å². The maximum atomic E-state index is 10.1. The number of ether oxygens (including phenoxy) is 1. The first-order valence-corrected chi connectivity index (χ1v) is 6.30. The van der Waals surface area contributed by atoms with Crippen LogP contribution in [0, 0.1) is 0 Å². The normalized spacial score (nSPS) is 15.3. The van der Waals surface area contributed by atoms with Gasteiger partial charge < -0.3 is 19.4 Å². The van der Waals surface area contributed by atoms with E-state index < -0.39 is 0 Å². The smallest absolute Gasteiger partial charge is 0.302 e. The van der Waals surface area contributed by atoms with Crippen molar-refractivity contribution in [2.75, 3.05) is 61.5 Å². The first kappa shape index (κ1) is 20.2. The summed E-state index contributed by atoms with van der Waals surface area (Å²) >= 11 is 0. The minimum absolute atomic E-state index is 0.0926. The third kappa shape index (κ3) is 16.9. The topological polar surface area (TPSA) is 53.1 Å². The number of methoxy groups -OCH3 is 1. The molecule has 114 valence electrons. The fourth-order valence-electron chi connectivity index (χ4n) is 0.906. The molecule has 0 aromatic rings. The van der Waals surface area contributed by atoms with E-state index in [1.165, 1.54) is 52.0 Å². The van der Waals surface area contributed by atoms with Gasteiger partial charge in [0, 0.05) is 54.1 Å². The number of hydrogen-bond acceptors (Lipinski definition) is 5. The van der Waals surface area contributed by atoms with Crippen molar-refractivity contribution in [1.29, 1.82) is 0 Å². The lowest BCUT2D eigenvalue weighted by Gasteiger charge is -2.28. The summed E-state index contributed by atoms with van der Waals surface area (Å²) in [4.78, 5) is 25.9. The number of esters is 1. The minimum atomic E-state index is -0.245. The van der Waals surface area contributed by atoms with E-state index in [4.69, 9.17) is 0 Å². The molecular formula is C13H29N3O3. The van der Waals surface area contributed by atoms with E-state index in [1.54, 1.807) is 14.1 Å². The van der Waals surface area contributed by atoms with Gasteiger partial charge in [-0.3, -0.25) is 9.59 Å². The predicted molar refractivity (Wildman–Crippen MR) is 77.1 cm³/mol. The summed E-state index contributed by atoms with van der Waals surface area (Å²) in [6.45, 7) is 7.82. The Hall–Kier alpha value is -1.14. The van der Waals surface area contributed by atoms with Crippen LogP contribution in [0.2, 0.25) is 0 Å². The van der Waals surface area contributed by atoms with Crippen LogP contribution in [0.25, 0.3) is 0 Å². The molecule has 1 amide bonds. The van der Waals surface area contributed by atoms with E-state index in [-0.39, 0.29) is 11.9 Å². The maximum Gasteiger partial charge on any atom is 0.302 e. The average Bonchev–Trinajstić information content (AvgIpc) is 2.34. The largest absolute Gasteiger partial charge is 0.469 e. The molecule has 0 radical (unpaired) electrons.